The highest BCUT2D eigenvalue weighted by Gasteiger charge is 2.51. The first-order valence-electron chi connectivity index (χ1n) is 8.94. The van der Waals surface area contributed by atoms with Crippen LogP contribution in [-0.2, 0) is 0 Å². The lowest BCUT2D eigenvalue weighted by Crippen LogP contribution is -2.34. The SMILES string of the molecule is CC1(C)C2=C(C=CCC2)C2=C1C1C(C=C2)NC2C=CCCC21. The summed E-state index contributed by atoms with van der Waals surface area (Å²) < 4.78 is 0. The largest absolute Gasteiger partial charge is 0.303 e. The lowest BCUT2D eigenvalue weighted by Gasteiger charge is -2.38. The molecule has 0 radical (unpaired) electrons. The van der Waals surface area contributed by atoms with E-state index in [4.69, 9.17) is 0 Å². The Kier molecular flexibility index (Phi) is 2.60. The second kappa shape index (κ2) is 4.35. The van der Waals surface area contributed by atoms with Crippen LogP contribution in [0.5, 0.6) is 0 Å². The van der Waals surface area contributed by atoms with Crippen molar-refractivity contribution in [3.8, 4) is 0 Å². The van der Waals surface area contributed by atoms with Gasteiger partial charge in [-0.15, -0.1) is 0 Å². The molecule has 0 saturated carbocycles. The Labute approximate surface area is 133 Å². The van der Waals surface area contributed by atoms with Crippen molar-refractivity contribution in [2.75, 3.05) is 0 Å². The molecule has 0 bridgehead atoms. The molecule has 5 aliphatic rings. The van der Waals surface area contributed by atoms with Gasteiger partial charge in [-0.25, -0.2) is 0 Å². The summed E-state index contributed by atoms with van der Waals surface area (Å²) in [5, 5.41) is 3.88. The van der Waals surface area contributed by atoms with Gasteiger partial charge >= 0.3 is 0 Å². The van der Waals surface area contributed by atoms with Crippen molar-refractivity contribution in [2.24, 2.45) is 17.3 Å². The second-order valence-corrected chi connectivity index (χ2v) is 8.06. The maximum absolute atomic E-state index is 3.88. The third-order valence-corrected chi connectivity index (χ3v) is 6.69. The lowest BCUT2D eigenvalue weighted by atomic mass is 9.66. The van der Waals surface area contributed by atoms with Crippen molar-refractivity contribution in [1.29, 1.82) is 0 Å². The van der Waals surface area contributed by atoms with Gasteiger partial charge in [0.2, 0.25) is 0 Å². The van der Waals surface area contributed by atoms with Gasteiger partial charge < -0.3 is 5.32 Å². The minimum absolute atomic E-state index is 0.251. The number of nitrogens with one attached hydrogen (secondary N) is 1. The van der Waals surface area contributed by atoms with Crippen LogP contribution in [0.25, 0.3) is 0 Å². The molecule has 0 aromatic rings. The molecule has 1 nitrogen and oxygen atoms in total. The van der Waals surface area contributed by atoms with Crippen molar-refractivity contribution in [3.63, 3.8) is 0 Å². The van der Waals surface area contributed by atoms with Gasteiger partial charge in [-0.1, -0.05) is 55.9 Å². The summed E-state index contributed by atoms with van der Waals surface area (Å²) >= 11 is 0. The average Bonchev–Trinajstić information content (AvgIpc) is 3.02. The zero-order chi connectivity index (χ0) is 14.9. The van der Waals surface area contributed by atoms with Crippen LogP contribution in [0.2, 0.25) is 0 Å². The van der Waals surface area contributed by atoms with E-state index in [2.05, 4.69) is 55.6 Å². The van der Waals surface area contributed by atoms with E-state index in [1.54, 1.807) is 22.3 Å². The topological polar surface area (TPSA) is 12.0 Å². The van der Waals surface area contributed by atoms with Crippen LogP contribution >= 0.6 is 0 Å². The Morgan fingerprint density at radius 1 is 1.00 bits per heavy atom. The molecule has 5 rings (SSSR count). The summed E-state index contributed by atoms with van der Waals surface area (Å²) in [6, 6.07) is 1.13. The molecule has 1 N–H and O–H groups in total. The first kappa shape index (κ1) is 13.1. The monoisotopic (exact) mass is 291 g/mol. The van der Waals surface area contributed by atoms with Gasteiger partial charge in [-0.2, -0.15) is 0 Å². The molecule has 1 heteroatoms. The molecule has 4 atom stereocenters. The average molecular weight is 291 g/mol. The summed E-state index contributed by atoms with van der Waals surface area (Å²) in [5.74, 6) is 1.48. The molecule has 0 aromatic carbocycles. The third-order valence-electron chi connectivity index (χ3n) is 6.69. The van der Waals surface area contributed by atoms with Crippen LogP contribution < -0.4 is 5.32 Å². The van der Waals surface area contributed by atoms with E-state index >= 15 is 0 Å². The molecular formula is C21H25N. The van der Waals surface area contributed by atoms with Gasteiger partial charge in [0.15, 0.2) is 0 Å². The van der Waals surface area contributed by atoms with E-state index in [1.165, 1.54) is 25.7 Å². The minimum atomic E-state index is 0.251. The van der Waals surface area contributed by atoms with E-state index in [-0.39, 0.29) is 5.41 Å². The first-order valence-corrected chi connectivity index (χ1v) is 8.94. The molecule has 22 heavy (non-hydrogen) atoms. The lowest BCUT2D eigenvalue weighted by molar-refractivity contribution is 0.335. The van der Waals surface area contributed by atoms with Gasteiger partial charge in [0, 0.05) is 23.4 Å². The fourth-order valence-electron chi connectivity index (χ4n) is 5.78. The molecule has 1 saturated heterocycles. The maximum atomic E-state index is 3.88. The van der Waals surface area contributed by atoms with Crippen LogP contribution in [0.1, 0.15) is 39.5 Å². The van der Waals surface area contributed by atoms with E-state index in [9.17, 15) is 0 Å². The molecule has 4 unspecified atom stereocenters. The Bertz CT molecular complexity index is 683. The zero-order valence-electron chi connectivity index (χ0n) is 13.6. The molecule has 0 aromatic heterocycles. The fraction of sp³-hybridized carbons (Fsp3) is 0.524. The number of allylic oxidation sites excluding steroid dienone is 7. The summed E-state index contributed by atoms with van der Waals surface area (Å²) in [6.07, 6.45) is 19.5. The van der Waals surface area contributed by atoms with Gasteiger partial charge in [0.25, 0.3) is 0 Å². The Morgan fingerprint density at radius 3 is 2.82 bits per heavy atom. The predicted octanol–water partition coefficient (Wildman–Crippen LogP) is 4.46. The summed E-state index contributed by atoms with van der Waals surface area (Å²) in [6.45, 7) is 4.96. The van der Waals surface area contributed by atoms with Gasteiger partial charge in [0.1, 0.15) is 0 Å². The summed E-state index contributed by atoms with van der Waals surface area (Å²) in [7, 11) is 0. The van der Waals surface area contributed by atoms with Crippen LogP contribution in [0.4, 0.5) is 0 Å². The van der Waals surface area contributed by atoms with Crippen molar-refractivity contribution < 1.29 is 0 Å². The first-order chi connectivity index (χ1) is 10.7. The highest BCUT2D eigenvalue weighted by atomic mass is 15.0. The molecule has 114 valence electrons. The predicted molar refractivity (Wildman–Crippen MR) is 91.4 cm³/mol. The minimum Gasteiger partial charge on any atom is -0.303 e. The van der Waals surface area contributed by atoms with E-state index in [0.29, 0.717) is 18.0 Å². The van der Waals surface area contributed by atoms with E-state index in [1.807, 2.05) is 0 Å². The molecule has 0 amide bonds. The van der Waals surface area contributed by atoms with Crippen LogP contribution in [-0.4, -0.2) is 12.1 Å². The van der Waals surface area contributed by atoms with Crippen molar-refractivity contribution >= 4 is 0 Å². The van der Waals surface area contributed by atoms with Crippen LogP contribution in [0.3, 0.4) is 0 Å². The second-order valence-electron chi connectivity index (χ2n) is 8.06. The number of rotatable bonds is 0. The summed E-state index contributed by atoms with van der Waals surface area (Å²) in [4.78, 5) is 0. The van der Waals surface area contributed by atoms with E-state index < -0.39 is 0 Å². The highest BCUT2D eigenvalue weighted by Crippen LogP contribution is 2.58. The quantitative estimate of drug-likeness (QED) is 0.650. The van der Waals surface area contributed by atoms with Gasteiger partial charge in [-0.3, -0.25) is 0 Å². The number of hydrogen-bond acceptors (Lipinski definition) is 1. The van der Waals surface area contributed by atoms with Crippen molar-refractivity contribution in [2.45, 2.75) is 51.6 Å². The van der Waals surface area contributed by atoms with Crippen molar-refractivity contribution in [1.82, 2.24) is 5.32 Å². The summed E-state index contributed by atoms with van der Waals surface area (Å²) in [5.41, 5.74) is 6.80. The molecule has 1 fully saturated rings. The highest BCUT2D eigenvalue weighted by molar-refractivity contribution is 5.65. The maximum Gasteiger partial charge on any atom is 0.0328 e. The van der Waals surface area contributed by atoms with Gasteiger partial charge in [0.05, 0.1) is 0 Å². The standard InChI is InChI=1S/C21H25N/c1-21(2)16-9-5-3-7-13(16)14-11-12-18-19(20(14)21)15-8-4-6-10-17(15)22-18/h3,6-7,10-12,15,17-19,22H,4-5,8-9H2,1-2H3. The van der Waals surface area contributed by atoms with Crippen LogP contribution in [0.15, 0.2) is 58.7 Å². The molecule has 1 aliphatic heterocycles. The molecule has 0 spiro atoms. The van der Waals surface area contributed by atoms with Gasteiger partial charge in [-0.05, 0) is 48.3 Å². The third kappa shape index (κ3) is 1.53. The Balaban J connectivity index is 1.65. The molecule has 1 heterocycles. The zero-order valence-corrected chi connectivity index (χ0v) is 13.6. The smallest absolute Gasteiger partial charge is 0.0328 e. The number of hydrogen-bond donors (Lipinski definition) is 1. The Morgan fingerprint density at radius 2 is 1.91 bits per heavy atom. The Hall–Kier alpha value is -1.34. The van der Waals surface area contributed by atoms with Crippen molar-refractivity contribution in [3.05, 3.63) is 58.7 Å². The number of fused-ring (bicyclic) bond motifs is 5. The van der Waals surface area contributed by atoms with Crippen LogP contribution in [0, 0.1) is 17.3 Å². The molecular weight excluding hydrogens is 266 g/mol. The normalized spacial score (nSPS) is 40.6. The molecule has 4 aliphatic carbocycles. The van der Waals surface area contributed by atoms with E-state index in [0.717, 1.165) is 5.92 Å². The fourth-order valence-corrected chi connectivity index (χ4v) is 5.78.